The summed E-state index contributed by atoms with van der Waals surface area (Å²) in [6, 6.07) is 0. The first-order valence-electron chi connectivity index (χ1n) is 7.24. The van der Waals surface area contributed by atoms with Gasteiger partial charge in [-0.3, -0.25) is 0 Å². The summed E-state index contributed by atoms with van der Waals surface area (Å²) in [5.74, 6) is 3.69. The Hall–Kier alpha value is -1.36. The van der Waals surface area contributed by atoms with Gasteiger partial charge in [0.15, 0.2) is 0 Å². The van der Waals surface area contributed by atoms with E-state index >= 15 is 0 Å². The van der Waals surface area contributed by atoms with Crippen LogP contribution in [0.15, 0.2) is 0 Å². The van der Waals surface area contributed by atoms with Crippen LogP contribution in [0.2, 0.25) is 0 Å². The van der Waals surface area contributed by atoms with Gasteiger partial charge in [0, 0.05) is 31.1 Å². The van der Waals surface area contributed by atoms with Crippen molar-refractivity contribution in [3.8, 4) is 0 Å². The second kappa shape index (κ2) is 5.33. The number of anilines is 2. The third-order valence-electron chi connectivity index (χ3n) is 3.73. The van der Waals surface area contributed by atoms with E-state index in [1.807, 2.05) is 0 Å². The Bertz CT molecular complexity index is 453. The lowest BCUT2D eigenvalue weighted by Crippen LogP contribution is -2.37. The highest BCUT2D eigenvalue weighted by molar-refractivity contribution is 5.59. The van der Waals surface area contributed by atoms with E-state index in [2.05, 4.69) is 24.1 Å². The van der Waals surface area contributed by atoms with Gasteiger partial charge in [-0.25, -0.2) is 9.97 Å². The number of rotatable bonds is 4. The molecule has 1 saturated carbocycles. The van der Waals surface area contributed by atoms with Crippen LogP contribution in [0.1, 0.15) is 37.1 Å². The molecule has 2 aliphatic rings. The van der Waals surface area contributed by atoms with Crippen molar-refractivity contribution in [1.29, 1.82) is 0 Å². The monoisotopic (exact) mass is 262 g/mol. The van der Waals surface area contributed by atoms with Crippen molar-refractivity contribution < 1.29 is 4.74 Å². The van der Waals surface area contributed by atoms with Crippen LogP contribution in [0, 0.1) is 6.92 Å². The highest BCUT2D eigenvalue weighted by Crippen LogP contribution is 2.40. The Kier molecular flexibility index (Phi) is 3.55. The summed E-state index contributed by atoms with van der Waals surface area (Å²) in [6.07, 6.45) is 2.47. The standard InChI is InChI=1S/C14H22N4O/c1-3-15-12-10(2)14(18-6-8-19-9-7-18)17-13(16-12)11-4-5-11/h11H,3-9H2,1-2H3,(H,15,16,17). The van der Waals surface area contributed by atoms with Crippen LogP contribution < -0.4 is 10.2 Å². The van der Waals surface area contributed by atoms with Crippen LogP contribution in [0.3, 0.4) is 0 Å². The largest absolute Gasteiger partial charge is 0.378 e. The molecule has 1 saturated heterocycles. The van der Waals surface area contributed by atoms with Crippen LogP contribution in [-0.2, 0) is 4.74 Å². The molecule has 5 nitrogen and oxygen atoms in total. The zero-order chi connectivity index (χ0) is 13.2. The summed E-state index contributed by atoms with van der Waals surface area (Å²) in [6.45, 7) is 8.54. The maximum Gasteiger partial charge on any atom is 0.137 e. The average Bonchev–Trinajstić information content (AvgIpc) is 3.27. The Morgan fingerprint density at radius 1 is 1.26 bits per heavy atom. The van der Waals surface area contributed by atoms with Crippen LogP contribution in [0.25, 0.3) is 0 Å². The number of morpholine rings is 1. The lowest BCUT2D eigenvalue weighted by molar-refractivity contribution is 0.122. The molecule has 1 aliphatic carbocycles. The molecule has 19 heavy (non-hydrogen) atoms. The van der Waals surface area contributed by atoms with Crippen LogP contribution in [-0.4, -0.2) is 42.8 Å². The third-order valence-corrected chi connectivity index (χ3v) is 3.73. The topological polar surface area (TPSA) is 50.3 Å². The second-order valence-electron chi connectivity index (χ2n) is 5.28. The van der Waals surface area contributed by atoms with Crippen molar-refractivity contribution in [1.82, 2.24) is 9.97 Å². The van der Waals surface area contributed by atoms with Gasteiger partial charge in [-0.15, -0.1) is 0 Å². The molecule has 0 spiro atoms. The van der Waals surface area contributed by atoms with E-state index in [0.717, 1.165) is 55.9 Å². The molecule has 0 amide bonds. The molecule has 0 radical (unpaired) electrons. The molecule has 0 unspecified atom stereocenters. The number of hydrogen-bond donors (Lipinski definition) is 1. The maximum absolute atomic E-state index is 5.43. The molecule has 5 heteroatoms. The van der Waals surface area contributed by atoms with Crippen LogP contribution >= 0.6 is 0 Å². The highest BCUT2D eigenvalue weighted by Gasteiger charge is 2.29. The van der Waals surface area contributed by atoms with Crippen molar-refractivity contribution >= 4 is 11.6 Å². The maximum atomic E-state index is 5.43. The van der Waals surface area contributed by atoms with Crippen LogP contribution in [0.4, 0.5) is 11.6 Å². The summed E-state index contributed by atoms with van der Waals surface area (Å²) in [5.41, 5.74) is 1.16. The van der Waals surface area contributed by atoms with Gasteiger partial charge in [0.05, 0.1) is 13.2 Å². The lowest BCUT2D eigenvalue weighted by atomic mass is 10.2. The van der Waals surface area contributed by atoms with Crippen molar-refractivity contribution in [2.24, 2.45) is 0 Å². The van der Waals surface area contributed by atoms with Crippen molar-refractivity contribution in [3.63, 3.8) is 0 Å². The van der Waals surface area contributed by atoms with E-state index in [0.29, 0.717) is 5.92 Å². The highest BCUT2D eigenvalue weighted by atomic mass is 16.5. The Balaban J connectivity index is 1.95. The van der Waals surface area contributed by atoms with E-state index in [1.54, 1.807) is 0 Å². The first-order valence-corrected chi connectivity index (χ1v) is 7.24. The van der Waals surface area contributed by atoms with E-state index in [-0.39, 0.29) is 0 Å². The molecule has 1 N–H and O–H groups in total. The number of hydrogen-bond acceptors (Lipinski definition) is 5. The molecule has 104 valence electrons. The van der Waals surface area contributed by atoms with E-state index in [4.69, 9.17) is 14.7 Å². The SMILES string of the molecule is CCNc1nc(C2CC2)nc(N2CCOCC2)c1C. The zero-order valence-electron chi connectivity index (χ0n) is 11.8. The lowest BCUT2D eigenvalue weighted by Gasteiger charge is -2.29. The van der Waals surface area contributed by atoms with E-state index < -0.39 is 0 Å². The smallest absolute Gasteiger partial charge is 0.137 e. The van der Waals surface area contributed by atoms with Gasteiger partial charge >= 0.3 is 0 Å². The van der Waals surface area contributed by atoms with Gasteiger partial charge in [-0.05, 0) is 26.7 Å². The predicted molar refractivity (Wildman–Crippen MR) is 75.9 cm³/mol. The minimum Gasteiger partial charge on any atom is -0.378 e. The molecule has 1 aromatic heterocycles. The molecule has 2 heterocycles. The summed E-state index contributed by atoms with van der Waals surface area (Å²) in [4.78, 5) is 11.8. The van der Waals surface area contributed by atoms with Gasteiger partial charge in [-0.2, -0.15) is 0 Å². The number of aromatic nitrogens is 2. The van der Waals surface area contributed by atoms with Gasteiger partial charge in [-0.1, -0.05) is 0 Å². The summed E-state index contributed by atoms with van der Waals surface area (Å²) >= 11 is 0. The minimum absolute atomic E-state index is 0.581. The molecule has 0 aromatic carbocycles. The van der Waals surface area contributed by atoms with Crippen molar-refractivity contribution in [2.45, 2.75) is 32.6 Å². The molecule has 0 bridgehead atoms. The Labute approximate surface area is 114 Å². The molecule has 3 rings (SSSR count). The first-order chi connectivity index (χ1) is 9.29. The molecule has 1 aliphatic heterocycles. The molecular formula is C14H22N4O. The first kappa shape index (κ1) is 12.7. The predicted octanol–water partition coefficient (Wildman–Crippen LogP) is 1.93. The third kappa shape index (κ3) is 2.66. The summed E-state index contributed by atoms with van der Waals surface area (Å²) < 4.78 is 5.43. The van der Waals surface area contributed by atoms with Gasteiger partial charge in [0.1, 0.15) is 17.5 Å². The fraction of sp³-hybridized carbons (Fsp3) is 0.714. The van der Waals surface area contributed by atoms with Crippen molar-refractivity contribution in [2.75, 3.05) is 43.1 Å². The van der Waals surface area contributed by atoms with Gasteiger partial charge in [0.2, 0.25) is 0 Å². The van der Waals surface area contributed by atoms with Gasteiger partial charge in [0.25, 0.3) is 0 Å². The fourth-order valence-corrected chi connectivity index (χ4v) is 2.47. The molecule has 0 atom stereocenters. The number of ether oxygens (including phenoxy) is 1. The Morgan fingerprint density at radius 2 is 2.00 bits per heavy atom. The summed E-state index contributed by atoms with van der Waals surface area (Å²) in [5, 5.41) is 3.37. The summed E-state index contributed by atoms with van der Waals surface area (Å²) in [7, 11) is 0. The van der Waals surface area contributed by atoms with Crippen molar-refractivity contribution in [3.05, 3.63) is 11.4 Å². The normalized spacial score (nSPS) is 19.6. The van der Waals surface area contributed by atoms with E-state index in [9.17, 15) is 0 Å². The quantitative estimate of drug-likeness (QED) is 0.898. The number of nitrogens with one attached hydrogen (secondary N) is 1. The van der Waals surface area contributed by atoms with Gasteiger partial charge < -0.3 is 15.0 Å². The average molecular weight is 262 g/mol. The molecule has 2 fully saturated rings. The number of nitrogens with zero attached hydrogens (tertiary/aromatic N) is 3. The molecule has 1 aromatic rings. The fourth-order valence-electron chi connectivity index (χ4n) is 2.47. The minimum atomic E-state index is 0.581. The van der Waals surface area contributed by atoms with E-state index in [1.165, 1.54) is 12.8 Å². The second-order valence-corrected chi connectivity index (χ2v) is 5.28. The Morgan fingerprint density at radius 3 is 2.63 bits per heavy atom. The molecular weight excluding hydrogens is 240 g/mol. The zero-order valence-corrected chi connectivity index (χ0v) is 11.8. The van der Waals surface area contributed by atoms with Crippen LogP contribution in [0.5, 0.6) is 0 Å².